The minimum Gasteiger partial charge on any atom is -0.335 e. The maximum atomic E-state index is 12.2. The van der Waals surface area contributed by atoms with E-state index in [1.807, 2.05) is 0 Å². The highest BCUT2D eigenvalue weighted by Gasteiger charge is 2.25. The summed E-state index contributed by atoms with van der Waals surface area (Å²) in [5, 5.41) is 14.8. The van der Waals surface area contributed by atoms with E-state index >= 15 is 0 Å². The minimum absolute atomic E-state index is 0.147. The van der Waals surface area contributed by atoms with E-state index in [2.05, 4.69) is 53.3 Å². The van der Waals surface area contributed by atoms with Gasteiger partial charge >= 0.3 is 6.03 Å². The summed E-state index contributed by atoms with van der Waals surface area (Å²) in [6.45, 7) is 5.15. The number of urea groups is 1. The van der Waals surface area contributed by atoms with E-state index < -0.39 is 6.03 Å². The van der Waals surface area contributed by atoms with Crippen molar-refractivity contribution < 1.29 is 14.5 Å². The van der Waals surface area contributed by atoms with Crippen LogP contribution in [0.25, 0.3) is 0 Å². The number of hydrogen-bond acceptors (Lipinski definition) is 5. The van der Waals surface area contributed by atoms with Gasteiger partial charge in [0.25, 0.3) is 0 Å². The zero-order valence-corrected chi connectivity index (χ0v) is 18.4. The van der Waals surface area contributed by atoms with Gasteiger partial charge in [-0.2, -0.15) is 0 Å². The number of quaternary nitrogens is 1. The number of hydrogen-bond donors (Lipinski definition) is 3. The molecule has 28 heavy (non-hydrogen) atoms. The van der Waals surface area contributed by atoms with Gasteiger partial charge in [0.05, 0.1) is 19.8 Å². The molecular formula is C19H35N6O2S+. The SMILES string of the molecule is CCCCn1c(SCC(=O)NC(=O)NC2CCCC2)nnc1[C@H](CC)[NH+](C)C. The smallest absolute Gasteiger partial charge is 0.321 e. The van der Waals surface area contributed by atoms with Crippen LogP contribution in [-0.4, -0.2) is 52.6 Å². The molecule has 1 fully saturated rings. The Morgan fingerprint density at radius 3 is 2.57 bits per heavy atom. The quantitative estimate of drug-likeness (QED) is 0.508. The van der Waals surface area contributed by atoms with E-state index in [4.69, 9.17) is 0 Å². The number of amides is 3. The Balaban J connectivity index is 1.95. The number of carbonyl (C=O) groups excluding carboxylic acids is 2. The van der Waals surface area contributed by atoms with Gasteiger partial charge in [-0.15, -0.1) is 10.2 Å². The molecule has 3 amide bonds. The van der Waals surface area contributed by atoms with Gasteiger partial charge in [-0.05, 0) is 19.3 Å². The van der Waals surface area contributed by atoms with Gasteiger partial charge in [-0.3, -0.25) is 10.1 Å². The zero-order chi connectivity index (χ0) is 20.5. The molecule has 0 bridgehead atoms. The van der Waals surface area contributed by atoms with Gasteiger partial charge in [0.2, 0.25) is 5.91 Å². The molecule has 1 aromatic heterocycles. The Morgan fingerprint density at radius 2 is 1.96 bits per heavy atom. The largest absolute Gasteiger partial charge is 0.335 e. The summed E-state index contributed by atoms with van der Waals surface area (Å²) in [5.74, 6) is 0.809. The third-order valence-corrected chi connectivity index (χ3v) is 6.14. The number of rotatable bonds is 10. The van der Waals surface area contributed by atoms with Crippen LogP contribution in [0.2, 0.25) is 0 Å². The van der Waals surface area contributed by atoms with Gasteiger partial charge in [0.15, 0.2) is 11.0 Å². The average molecular weight is 412 g/mol. The number of aromatic nitrogens is 3. The van der Waals surface area contributed by atoms with Crippen LogP contribution < -0.4 is 15.5 Å². The lowest BCUT2D eigenvalue weighted by atomic mass is 10.2. The van der Waals surface area contributed by atoms with E-state index in [-0.39, 0.29) is 23.7 Å². The molecule has 0 unspecified atom stereocenters. The molecule has 1 atom stereocenters. The van der Waals surface area contributed by atoms with E-state index in [1.54, 1.807) is 0 Å². The molecule has 0 aliphatic heterocycles. The van der Waals surface area contributed by atoms with Crippen molar-refractivity contribution in [3.8, 4) is 0 Å². The topological polar surface area (TPSA) is 93.4 Å². The second-order valence-corrected chi connectivity index (χ2v) is 8.62. The third-order valence-electron chi connectivity index (χ3n) is 5.17. The molecule has 1 heterocycles. The van der Waals surface area contributed by atoms with Crippen LogP contribution in [0.5, 0.6) is 0 Å². The molecule has 1 saturated carbocycles. The fourth-order valence-corrected chi connectivity index (χ4v) is 4.40. The highest BCUT2D eigenvalue weighted by Crippen LogP contribution is 2.22. The van der Waals surface area contributed by atoms with Crippen LogP contribution in [0.3, 0.4) is 0 Å². The highest BCUT2D eigenvalue weighted by molar-refractivity contribution is 7.99. The summed E-state index contributed by atoms with van der Waals surface area (Å²) in [7, 11) is 4.24. The summed E-state index contributed by atoms with van der Waals surface area (Å²) in [6, 6.07) is 0.0669. The van der Waals surface area contributed by atoms with Crippen LogP contribution >= 0.6 is 11.8 Å². The average Bonchev–Trinajstić information content (AvgIpc) is 3.28. The predicted octanol–water partition coefficient (Wildman–Crippen LogP) is 1.53. The zero-order valence-electron chi connectivity index (χ0n) is 17.6. The molecule has 1 aromatic rings. The van der Waals surface area contributed by atoms with E-state index in [9.17, 15) is 9.59 Å². The van der Waals surface area contributed by atoms with Crippen molar-refractivity contribution in [3.63, 3.8) is 0 Å². The number of imide groups is 1. The maximum Gasteiger partial charge on any atom is 0.321 e. The molecule has 158 valence electrons. The molecular weight excluding hydrogens is 376 g/mol. The highest BCUT2D eigenvalue weighted by atomic mass is 32.2. The van der Waals surface area contributed by atoms with Crippen LogP contribution in [-0.2, 0) is 11.3 Å². The van der Waals surface area contributed by atoms with Crippen molar-refractivity contribution >= 4 is 23.7 Å². The lowest BCUT2D eigenvalue weighted by Gasteiger charge is -2.20. The first-order valence-electron chi connectivity index (χ1n) is 10.4. The van der Waals surface area contributed by atoms with Crippen molar-refractivity contribution in [2.45, 2.75) is 82.6 Å². The summed E-state index contributed by atoms with van der Waals surface area (Å²) in [4.78, 5) is 25.4. The predicted molar refractivity (Wildman–Crippen MR) is 110 cm³/mol. The van der Waals surface area contributed by atoms with Gasteiger partial charge in [0, 0.05) is 19.0 Å². The maximum absolute atomic E-state index is 12.2. The molecule has 9 heteroatoms. The van der Waals surface area contributed by atoms with Crippen molar-refractivity contribution in [2.24, 2.45) is 0 Å². The number of nitrogens with one attached hydrogen (secondary N) is 3. The monoisotopic (exact) mass is 411 g/mol. The molecule has 2 rings (SSSR count). The Kier molecular flexibility index (Phi) is 9.24. The van der Waals surface area contributed by atoms with Gasteiger partial charge in [0.1, 0.15) is 6.04 Å². The first kappa shape index (κ1) is 22.7. The summed E-state index contributed by atoms with van der Waals surface area (Å²) >= 11 is 1.34. The Hall–Kier alpha value is -1.61. The minimum atomic E-state index is -0.395. The van der Waals surface area contributed by atoms with Crippen LogP contribution in [0.1, 0.15) is 70.7 Å². The Labute approximate surface area is 172 Å². The van der Waals surface area contributed by atoms with E-state index in [0.717, 1.165) is 62.5 Å². The molecule has 1 aliphatic carbocycles. The molecule has 1 aliphatic rings. The second kappa shape index (κ2) is 11.4. The van der Waals surface area contributed by atoms with E-state index in [0.29, 0.717) is 0 Å². The fourth-order valence-electron chi connectivity index (χ4n) is 3.62. The fraction of sp³-hybridized carbons (Fsp3) is 0.789. The van der Waals surface area contributed by atoms with Crippen LogP contribution in [0.15, 0.2) is 5.16 Å². The molecule has 3 N–H and O–H groups in total. The van der Waals surface area contributed by atoms with Gasteiger partial charge in [-0.1, -0.05) is 44.9 Å². The van der Waals surface area contributed by atoms with Gasteiger partial charge in [-0.25, -0.2) is 4.79 Å². The first-order chi connectivity index (χ1) is 13.5. The molecule has 0 radical (unpaired) electrons. The van der Waals surface area contributed by atoms with Crippen molar-refractivity contribution in [3.05, 3.63) is 5.82 Å². The number of nitrogens with zero attached hydrogens (tertiary/aromatic N) is 3. The number of unbranched alkanes of at least 4 members (excludes halogenated alkanes) is 1. The Bertz CT molecular complexity index is 642. The molecule has 0 aromatic carbocycles. The first-order valence-corrected chi connectivity index (χ1v) is 11.4. The molecule has 8 nitrogen and oxygen atoms in total. The normalized spacial score (nSPS) is 15.8. The summed E-state index contributed by atoms with van der Waals surface area (Å²) in [6.07, 6.45) is 7.34. The lowest BCUT2D eigenvalue weighted by Crippen LogP contribution is -3.06. The lowest BCUT2D eigenvalue weighted by molar-refractivity contribution is -0.893. The van der Waals surface area contributed by atoms with Gasteiger partial charge < -0.3 is 14.8 Å². The Morgan fingerprint density at radius 1 is 1.25 bits per heavy atom. The second-order valence-electron chi connectivity index (χ2n) is 7.68. The summed E-state index contributed by atoms with van der Waals surface area (Å²) in [5.41, 5.74) is 0. The van der Waals surface area contributed by atoms with Crippen molar-refractivity contribution in [2.75, 3.05) is 19.8 Å². The third kappa shape index (κ3) is 6.48. The standard InChI is InChI=1S/C19H34N6O2S/c1-5-7-12-25-17(15(6-2)24(3)4)22-23-19(25)28-13-16(26)21-18(27)20-14-10-8-9-11-14/h14-15H,5-13H2,1-4H3,(H2,20,21,26,27)/p+1/t15-/m0/s1. The number of carbonyl (C=O) groups is 2. The van der Waals surface area contributed by atoms with Crippen LogP contribution in [0, 0.1) is 0 Å². The molecule has 0 spiro atoms. The number of thioether (sulfide) groups is 1. The molecule has 0 saturated heterocycles. The van der Waals surface area contributed by atoms with Crippen LogP contribution in [0.4, 0.5) is 4.79 Å². The van der Waals surface area contributed by atoms with Crippen molar-refractivity contribution in [1.82, 2.24) is 25.4 Å². The van der Waals surface area contributed by atoms with E-state index in [1.165, 1.54) is 16.7 Å². The van der Waals surface area contributed by atoms with Crippen molar-refractivity contribution in [1.29, 1.82) is 0 Å². The summed E-state index contributed by atoms with van der Waals surface area (Å²) < 4.78 is 2.14.